The van der Waals surface area contributed by atoms with E-state index >= 15 is 0 Å². The summed E-state index contributed by atoms with van der Waals surface area (Å²) in [5.74, 6) is -0.254. The quantitative estimate of drug-likeness (QED) is 0.882. The maximum Gasteiger partial charge on any atom is 0.245 e. The van der Waals surface area contributed by atoms with Gasteiger partial charge in [-0.25, -0.2) is 4.99 Å². The summed E-state index contributed by atoms with van der Waals surface area (Å²) in [4.78, 5) is 16.3. The number of halogens is 1. The van der Waals surface area contributed by atoms with Crippen molar-refractivity contribution < 1.29 is 9.90 Å². The second-order valence-electron chi connectivity index (χ2n) is 5.02. The molecule has 2 rings (SSSR count). The van der Waals surface area contributed by atoms with Gasteiger partial charge in [0.15, 0.2) is 5.17 Å². The van der Waals surface area contributed by atoms with E-state index in [4.69, 9.17) is 11.6 Å². The van der Waals surface area contributed by atoms with Crippen LogP contribution in [-0.4, -0.2) is 26.5 Å². The van der Waals surface area contributed by atoms with Crippen LogP contribution < -0.4 is 5.32 Å². The Morgan fingerprint density at radius 3 is 2.58 bits per heavy atom. The Balaban J connectivity index is 2.32. The summed E-state index contributed by atoms with van der Waals surface area (Å²) in [6, 6.07) is 7.13. The number of carbonyl (C=O) groups is 1. The van der Waals surface area contributed by atoms with Gasteiger partial charge in [0.1, 0.15) is 4.75 Å². The van der Waals surface area contributed by atoms with Crippen molar-refractivity contribution in [2.75, 3.05) is 0 Å². The molecule has 4 nitrogen and oxygen atoms in total. The molecule has 1 fully saturated rings. The van der Waals surface area contributed by atoms with Gasteiger partial charge in [-0.05, 0) is 32.9 Å². The van der Waals surface area contributed by atoms with Crippen molar-refractivity contribution in [3.63, 3.8) is 0 Å². The van der Waals surface area contributed by atoms with Crippen molar-refractivity contribution in [1.29, 1.82) is 0 Å². The fourth-order valence-electron chi connectivity index (χ4n) is 1.59. The van der Waals surface area contributed by atoms with Crippen LogP contribution in [0.25, 0.3) is 0 Å². The fourth-order valence-corrected chi connectivity index (χ4v) is 2.83. The van der Waals surface area contributed by atoms with E-state index in [0.29, 0.717) is 15.9 Å². The minimum atomic E-state index is -1.15. The Bertz CT molecular complexity index is 554. The van der Waals surface area contributed by atoms with Crippen molar-refractivity contribution >= 4 is 40.1 Å². The summed E-state index contributed by atoms with van der Waals surface area (Å²) in [6.45, 7) is 4.91. The highest BCUT2D eigenvalue weighted by atomic mass is 35.5. The number of hydrogen-bond acceptors (Lipinski definition) is 4. The summed E-state index contributed by atoms with van der Waals surface area (Å²) >= 11 is 7.23. The zero-order valence-electron chi connectivity index (χ0n) is 10.9. The molecule has 1 saturated heterocycles. The number of hydrogen-bond donors (Lipinski definition) is 2. The number of nitrogens with zero attached hydrogens (tertiary/aromatic N) is 1. The average Bonchev–Trinajstić information content (AvgIpc) is 2.58. The van der Waals surface area contributed by atoms with Crippen LogP contribution in [0.4, 0.5) is 5.69 Å². The molecule has 1 aliphatic heterocycles. The number of aliphatic hydroxyl groups is 1. The Hall–Kier alpha value is -1.04. The summed E-state index contributed by atoms with van der Waals surface area (Å²) in [5, 5.41) is 13.8. The normalized spacial score (nSPS) is 25.7. The van der Waals surface area contributed by atoms with Gasteiger partial charge in [-0.15, -0.1) is 0 Å². The number of aliphatic imine (C=N–C) groups is 1. The van der Waals surface area contributed by atoms with Crippen LogP contribution >= 0.6 is 23.4 Å². The van der Waals surface area contributed by atoms with Gasteiger partial charge in [-0.2, -0.15) is 0 Å². The Morgan fingerprint density at radius 2 is 2.05 bits per heavy atom. The second kappa shape index (κ2) is 4.81. The molecule has 0 aliphatic carbocycles. The lowest BCUT2D eigenvalue weighted by atomic mass is 9.91. The first-order chi connectivity index (χ1) is 8.74. The van der Waals surface area contributed by atoms with Crippen LogP contribution in [0.1, 0.15) is 20.8 Å². The Labute approximate surface area is 121 Å². The number of amides is 1. The van der Waals surface area contributed by atoms with Gasteiger partial charge in [0.2, 0.25) is 5.91 Å². The minimum Gasteiger partial charge on any atom is -0.388 e. The molecular formula is C13H15ClN2O2S. The lowest BCUT2D eigenvalue weighted by Crippen LogP contribution is -2.50. The molecule has 1 aromatic carbocycles. The van der Waals surface area contributed by atoms with Crippen molar-refractivity contribution in [3.05, 3.63) is 29.3 Å². The van der Waals surface area contributed by atoms with E-state index in [-0.39, 0.29) is 5.91 Å². The third kappa shape index (κ3) is 2.63. The molecular weight excluding hydrogens is 284 g/mol. The van der Waals surface area contributed by atoms with Crippen LogP contribution in [0.15, 0.2) is 29.3 Å². The fraction of sp³-hybridized carbons (Fsp3) is 0.385. The lowest BCUT2D eigenvalue weighted by molar-refractivity contribution is -0.126. The molecule has 1 heterocycles. The molecule has 6 heteroatoms. The first kappa shape index (κ1) is 14.4. The van der Waals surface area contributed by atoms with Gasteiger partial charge < -0.3 is 10.4 Å². The number of thioether (sulfide) groups is 1. The van der Waals surface area contributed by atoms with Gasteiger partial charge in [-0.3, -0.25) is 4.79 Å². The predicted molar refractivity (Wildman–Crippen MR) is 79.0 cm³/mol. The van der Waals surface area contributed by atoms with Crippen molar-refractivity contribution in [2.24, 2.45) is 4.99 Å². The first-order valence-electron chi connectivity index (χ1n) is 5.80. The smallest absolute Gasteiger partial charge is 0.245 e. The molecule has 0 saturated carbocycles. The highest BCUT2D eigenvalue weighted by molar-refractivity contribution is 8.16. The molecule has 2 N–H and O–H groups in total. The summed E-state index contributed by atoms with van der Waals surface area (Å²) in [6.07, 6.45) is 0. The number of rotatable bonds is 2. The van der Waals surface area contributed by atoms with Crippen molar-refractivity contribution in [1.82, 2.24) is 5.32 Å². The molecule has 0 spiro atoms. The van der Waals surface area contributed by atoms with Crippen LogP contribution in [0.3, 0.4) is 0 Å². The van der Waals surface area contributed by atoms with Gasteiger partial charge >= 0.3 is 0 Å². The summed E-state index contributed by atoms with van der Waals surface area (Å²) in [7, 11) is 0. The number of benzene rings is 1. The lowest BCUT2D eigenvalue weighted by Gasteiger charge is -2.32. The standard InChI is InChI=1S/C13H15ClN2O2S/c1-12(2,18)13(3)10(17)16-11(19-13)15-9-7-5-4-6-8(9)14/h4-7,18H,1-3H3,(H,15,16,17)/t13-/m0/s1. The van der Waals surface area contributed by atoms with Crippen molar-refractivity contribution in [2.45, 2.75) is 31.1 Å². The highest BCUT2D eigenvalue weighted by Crippen LogP contribution is 2.41. The topological polar surface area (TPSA) is 61.7 Å². The molecule has 0 aromatic heterocycles. The third-order valence-electron chi connectivity index (χ3n) is 3.20. The summed E-state index contributed by atoms with van der Waals surface area (Å²) < 4.78 is -0.965. The molecule has 19 heavy (non-hydrogen) atoms. The van der Waals surface area contributed by atoms with Crippen molar-refractivity contribution in [3.8, 4) is 0 Å². The van der Waals surface area contributed by atoms with Crippen LogP contribution in [0.2, 0.25) is 5.02 Å². The minimum absolute atomic E-state index is 0.254. The van der Waals surface area contributed by atoms with Crippen LogP contribution in [-0.2, 0) is 4.79 Å². The first-order valence-corrected chi connectivity index (χ1v) is 6.99. The van der Waals surface area contributed by atoms with E-state index in [9.17, 15) is 9.90 Å². The van der Waals surface area contributed by atoms with E-state index in [2.05, 4.69) is 10.3 Å². The molecule has 1 amide bonds. The maximum absolute atomic E-state index is 12.0. The van der Waals surface area contributed by atoms with E-state index in [0.717, 1.165) is 0 Å². The van der Waals surface area contributed by atoms with E-state index in [1.165, 1.54) is 11.8 Å². The maximum atomic E-state index is 12.0. The summed E-state index contributed by atoms with van der Waals surface area (Å²) in [5.41, 5.74) is -0.563. The predicted octanol–water partition coefficient (Wildman–Crippen LogP) is 2.72. The molecule has 0 unspecified atom stereocenters. The van der Waals surface area contributed by atoms with Crippen LogP contribution in [0.5, 0.6) is 0 Å². The van der Waals surface area contributed by atoms with Gasteiger partial charge in [0, 0.05) is 0 Å². The monoisotopic (exact) mass is 298 g/mol. The Kier molecular flexibility index (Phi) is 3.64. The Morgan fingerprint density at radius 1 is 1.42 bits per heavy atom. The number of nitrogens with one attached hydrogen (secondary N) is 1. The van der Waals surface area contributed by atoms with Gasteiger partial charge in [0.05, 0.1) is 16.3 Å². The number of amidine groups is 1. The molecule has 1 atom stereocenters. The molecule has 1 aliphatic rings. The van der Waals surface area contributed by atoms with E-state index in [1.807, 2.05) is 12.1 Å². The zero-order chi connectivity index (χ0) is 14.3. The average molecular weight is 299 g/mol. The molecule has 102 valence electrons. The second-order valence-corrected chi connectivity index (χ2v) is 6.83. The number of para-hydroxylation sites is 1. The zero-order valence-corrected chi connectivity index (χ0v) is 12.5. The van der Waals surface area contributed by atoms with E-state index in [1.54, 1.807) is 32.9 Å². The SMILES string of the molecule is CC(C)(O)[C@@]1(C)SC(=Nc2ccccc2Cl)NC1=O. The molecule has 1 aromatic rings. The number of carbonyl (C=O) groups excluding carboxylic acids is 1. The van der Waals surface area contributed by atoms with Gasteiger partial charge in [0.25, 0.3) is 0 Å². The largest absolute Gasteiger partial charge is 0.388 e. The molecule has 0 bridgehead atoms. The van der Waals surface area contributed by atoms with Crippen LogP contribution in [0, 0.1) is 0 Å². The highest BCUT2D eigenvalue weighted by Gasteiger charge is 2.52. The van der Waals surface area contributed by atoms with E-state index < -0.39 is 10.3 Å². The third-order valence-corrected chi connectivity index (χ3v) is 5.00. The molecule has 0 radical (unpaired) electrons. The van der Waals surface area contributed by atoms with Gasteiger partial charge in [-0.1, -0.05) is 35.5 Å².